The van der Waals surface area contributed by atoms with Gasteiger partial charge in [0, 0.05) is 35.1 Å². The number of aryl methyl sites for hydroxylation is 1. The van der Waals surface area contributed by atoms with E-state index in [4.69, 9.17) is 0 Å². The van der Waals surface area contributed by atoms with Crippen molar-refractivity contribution < 1.29 is 0 Å². The molecular formula is C17H19N3S. The molecule has 0 radical (unpaired) electrons. The fourth-order valence-electron chi connectivity index (χ4n) is 2.64. The Labute approximate surface area is 129 Å². The van der Waals surface area contributed by atoms with Crippen LogP contribution in [-0.2, 0) is 6.42 Å². The zero-order valence-corrected chi connectivity index (χ0v) is 13.2. The largest absolute Gasteiger partial charge is 0.310 e. The summed E-state index contributed by atoms with van der Waals surface area (Å²) in [5.74, 6) is 0. The minimum atomic E-state index is 0.272. The lowest BCUT2D eigenvalue weighted by Crippen LogP contribution is -2.23. The van der Waals surface area contributed by atoms with E-state index in [1.54, 1.807) is 11.3 Å². The maximum absolute atomic E-state index is 4.60. The number of aromatic nitrogens is 2. The van der Waals surface area contributed by atoms with E-state index in [1.807, 2.05) is 19.2 Å². The van der Waals surface area contributed by atoms with Crippen LogP contribution in [0.15, 0.2) is 41.9 Å². The summed E-state index contributed by atoms with van der Waals surface area (Å²) in [7, 11) is 0. The Hall–Kier alpha value is -1.78. The van der Waals surface area contributed by atoms with Gasteiger partial charge in [-0.1, -0.05) is 25.1 Å². The highest BCUT2D eigenvalue weighted by Gasteiger charge is 2.15. The van der Waals surface area contributed by atoms with Crippen LogP contribution in [-0.4, -0.2) is 16.5 Å². The van der Waals surface area contributed by atoms with E-state index < -0.39 is 0 Å². The van der Waals surface area contributed by atoms with Gasteiger partial charge >= 0.3 is 0 Å². The minimum absolute atomic E-state index is 0.272. The van der Waals surface area contributed by atoms with Crippen LogP contribution in [0.1, 0.15) is 29.2 Å². The van der Waals surface area contributed by atoms with Crippen molar-refractivity contribution in [2.24, 2.45) is 0 Å². The highest BCUT2D eigenvalue weighted by atomic mass is 32.1. The Morgan fingerprint density at radius 1 is 1.24 bits per heavy atom. The van der Waals surface area contributed by atoms with Crippen molar-refractivity contribution in [1.29, 1.82) is 0 Å². The molecule has 0 saturated heterocycles. The molecule has 1 aromatic carbocycles. The molecule has 0 fully saturated rings. The third-order valence-corrected chi connectivity index (χ3v) is 4.54. The smallest absolute Gasteiger partial charge is 0.0947 e. The molecule has 0 aliphatic heterocycles. The Morgan fingerprint density at radius 3 is 2.90 bits per heavy atom. The average molecular weight is 297 g/mol. The van der Waals surface area contributed by atoms with E-state index in [-0.39, 0.29) is 6.04 Å². The number of fused-ring (bicyclic) bond motifs is 1. The number of hydrogen-bond donors (Lipinski definition) is 1. The monoisotopic (exact) mass is 297 g/mol. The molecule has 1 N–H and O–H groups in total. The Balaban J connectivity index is 1.98. The second kappa shape index (κ2) is 6.33. The molecule has 0 aliphatic carbocycles. The summed E-state index contributed by atoms with van der Waals surface area (Å²) in [5.41, 5.74) is 3.45. The number of hydrogen-bond acceptors (Lipinski definition) is 4. The topological polar surface area (TPSA) is 37.8 Å². The molecule has 0 amide bonds. The maximum atomic E-state index is 4.60. The van der Waals surface area contributed by atoms with Crippen LogP contribution in [0.2, 0.25) is 0 Å². The Kier molecular flexibility index (Phi) is 4.27. The van der Waals surface area contributed by atoms with Gasteiger partial charge in [-0.2, -0.15) is 0 Å². The molecule has 2 heterocycles. The molecule has 0 saturated carbocycles. The summed E-state index contributed by atoms with van der Waals surface area (Å²) in [6, 6.07) is 10.8. The quantitative estimate of drug-likeness (QED) is 0.776. The second-order valence-corrected chi connectivity index (χ2v) is 6.06. The first-order valence-electron chi connectivity index (χ1n) is 7.26. The van der Waals surface area contributed by atoms with Crippen molar-refractivity contribution >= 4 is 22.2 Å². The first-order chi connectivity index (χ1) is 10.3. The van der Waals surface area contributed by atoms with Gasteiger partial charge in [-0.05, 0) is 31.2 Å². The van der Waals surface area contributed by atoms with Gasteiger partial charge in [-0.25, -0.2) is 4.98 Å². The van der Waals surface area contributed by atoms with E-state index in [9.17, 15) is 0 Å². The third kappa shape index (κ3) is 3.12. The molecule has 1 atom stereocenters. The van der Waals surface area contributed by atoms with Gasteiger partial charge in [-0.15, -0.1) is 11.3 Å². The number of nitrogens with zero attached hydrogens (tertiary/aromatic N) is 2. The SMILES string of the molecule is CCNC(Cc1nc(C)cs1)c1cccc2ncccc12. The number of pyridine rings is 1. The molecule has 0 bridgehead atoms. The third-order valence-electron chi connectivity index (χ3n) is 3.55. The summed E-state index contributed by atoms with van der Waals surface area (Å²) in [6.07, 6.45) is 2.76. The van der Waals surface area contributed by atoms with E-state index in [1.165, 1.54) is 16.0 Å². The number of benzene rings is 1. The fourth-order valence-corrected chi connectivity index (χ4v) is 3.46. The first-order valence-corrected chi connectivity index (χ1v) is 8.14. The van der Waals surface area contributed by atoms with Crippen LogP contribution >= 0.6 is 11.3 Å². The minimum Gasteiger partial charge on any atom is -0.310 e. The Morgan fingerprint density at radius 2 is 2.14 bits per heavy atom. The van der Waals surface area contributed by atoms with Crippen molar-refractivity contribution in [2.75, 3.05) is 6.54 Å². The van der Waals surface area contributed by atoms with Crippen molar-refractivity contribution in [3.8, 4) is 0 Å². The lowest BCUT2D eigenvalue weighted by atomic mass is 9.99. The average Bonchev–Trinajstić information content (AvgIpc) is 2.91. The molecule has 3 rings (SSSR count). The molecule has 1 unspecified atom stereocenters. The van der Waals surface area contributed by atoms with E-state index in [0.717, 1.165) is 24.2 Å². The molecule has 4 heteroatoms. The predicted molar refractivity (Wildman–Crippen MR) is 88.7 cm³/mol. The number of nitrogens with one attached hydrogen (secondary N) is 1. The number of likely N-dealkylation sites (N-methyl/N-ethyl adjacent to an activating group) is 1. The van der Waals surface area contributed by atoms with Crippen LogP contribution in [0.3, 0.4) is 0 Å². The molecule has 0 aliphatic rings. The Bertz CT molecular complexity index is 730. The van der Waals surface area contributed by atoms with Crippen LogP contribution in [0.5, 0.6) is 0 Å². The van der Waals surface area contributed by atoms with E-state index >= 15 is 0 Å². The summed E-state index contributed by atoms with van der Waals surface area (Å²) in [4.78, 5) is 9.06. The van der Waals surface area contributed by atoms with Crippen molar-refractivity contribution in [3.05, 3.63) is 58.2 Å². The van der Waals surface area contributed by atoms with Crippen molar-refractivity contribution in [2.45, 2.75) is 26.3 Å². The fraction of sp³-hybridized carbons (Fsp3) is 0.294. The van der Waals surface area contributed by atoms with Crippen LogP contribution in [0, 0.1) is 6.92 Å². The molecule has 2 aromatic heterocycles. The lowest BCUT2D eigenvalue weighted by molar-refractivity contribution is 0.552. The number of thiazole rings is 1. The first kappa shape index (κ1) is 14.2. The van der Waals surface area contributed by atoms with Gasteiger partial charge in [0.1, 0.15) is 0 Å². The van der Waals surface area contributed by atoms with Crippen molar-refractivity contribution in [3.63, 3.8) is 0 Å². The number of rotatable bonds is 5. The molecule has 108 valence electrons. The van der Waals surface area contributed by atoms with Gasteiger partial charge in [0.25, 0.3) is 0 Å². The highest BCUT2D eigenvalue weighted by molar-refractivity contribution is 7.09. The van der Waals surface area contributed by atoms with Crippen LogP contribution < -0.4 is 5.32 Å². The standard InChI is InChI=1S/C17H19N3S/c1-3-18-16(10-17-20-12(2)11-21-17)14-6-4-8-15-13(14)7-5-9-19-15/h4-9,11,16,18H,3,10H2,1-2H3. The van der Waals surface area contributed by atoms with Gasteiger partial charge < -0.3 is 5.32 Å². The molecular weight excluding hydrogens is 278 g/mol. The molecule has 3 aromatic rings. The summed E-state index contributed by atoms with van der Waals surface area (Å²) in [6.45, 7) is 5.12. The molecule has 0 spiro atoms. The summed E-state index contributed by atoms with van der Waals surface area (Å²) >= 11 is 1.74. The maximum Gasteiger partial charge on any atom is 0.0947 e. The van der Waals surface area contributed by atoms with E-state index in [2.05, 4.69) is 51.9 Å². The highest BCUT2D eigenvalue weighted by Crippen LogP contribution is 2.26. The van der Waals surface area contributed by atoms with Crippen LogP contribution in [0.4, 0.5) is 0 Å². The summed E-state index contributed by atoms with van der Waals surface area (Å²) in [5, 5.41) is 8.10. The predicted octanol–water partition coefficient (Wildman–Crippen LogP) is 3.89. The van der Waals surface area contributed by atoms with E-state index in [0.29, 0.717) is 0 Å². The molecule has 3 nitrogen and oxygen atoms in total. The zero-order valence-electron chi connectivity index (χ0n) is 12.3. The summed E-state index contributed by atoms with van der Waals surface area (Å²) < 4.78 is 0. The second-order valence-electron chi connectivity index (χ2n) is 5.11. The van der Waals surface area contributed by atoms with Gasteiger partial charge in [-0.3, -0.25) is 4.98 Å². The van der Waals surface area contributed by atoms with Crippen LogP contribution in [0.25, 0.3) is 10.9 Å². The van der Waals surface area contributed by atoms with Gasteiger partial charge in [0.05, 0.1) is 10.5 Å². The van der Waals surface area contributed by atoms with Gasteiger partial charge in [0.15, 0.2) is 0 Å². The normalized spacial score (nSPS) is 12.7. The lowest BCUT2D eigenvalue weighted by Gasteiger charge is -2.19. The van der Waals surface area contributed by atoms with Gasteiger partial charge in [0.2, 0.25) is 0 Å². The van der Waals surface area contributed by atoms with Crippen molar-refractivity contribution in [1.82, 2.24) is 15.3 Å². The molecule has 21 heavy (non-hydrogen) atoms. The zero-order chi connectivity index (χ0) is 14.7.